The van der Waals surface area contributed by atoms with Crippen LogP contribution in [0.5, 0.6) is 0 Å². The molecule has 0 aromatic carbocycles. The number of hydrogen-bond donors (Lipinski definition) is 1. The number of rotatable bonds is 7. The monoisotopic (exact) mass is 281 g/mol. The predicted octanol–water partition coefficient (Wildman–Crippen LogP) is 2.57. The molecule has 0 amide bonds. The fourth-order valence-electron chi connectivity index (χ4n) is 3.72. The molecule has 0 bridgehead atoms. The molecule has 0 aromatic rings. The Balaban J connectivity index is 1.83. The topological polar surface area (TPSA) is 18.5 Å². The van der Waals surface area contributed by atoms with Crippen molar-refractivity contribution in [3.63, 3.8) is 0 Å². The van der Waals surface area contributed by atoms with Gasteiger partial charge in [-0.25, -0.2) is 0 Å². The Morgan fingerprint density at radius 3 is 2.75 bits per heavy atom. The SMILES string of the molecule is CCCNC(CN1CCN2CCCCC2C1)C(C)CC. The molecule has 118 valence electrons. The summed E-state index contributed by atoms with van der Waals surface area (Å²) >= 11 is 0. The summed E-state index contributed by atoms with van der Waals surface area (Å²) in [6.07, 6.45) is 6.81. The zero-order valence-corrected chi connectivity index (χ0v) is 13.9. The van der Waals surface area contributed by atoms with Crippen LogP contribution in [0.4, 0.5) is 0 Å². The maximum atomic E-state index is 3.78. The summed E-state index contributed by atoms with van der Waals surface area (Å²) in [6.45, 7) is 14.6. The van der Waals surface area contributed by atoms with Gasteiger partial charge < -0.3 is 5.32 Å². The summed E-state index contributed by atoms with van der Waals surface area (Å²) in [6, 6.07) is 1.52. The molecular formula is C17H35N3. The van der Waals surface area contributed by atoms with Crippen LogP contribution in [0.2, 0.25) is 0 Å². The van der Waals surface area contributed by atoms with Crippen molar-refractivity contribution in [1.29, 1.82) is 0 Å². The summed E-state index contributed by atoms with van der Waals surface area (Å²) < 4.78 is 0. The molecule has 2 heterocycles. The van der Waals surface area contributed by atoms with Gasteiger partial charge in [0.15, 0.2) is 0 Å². The summed E-state index contributed by atoms with van der Waals surface area (Å²) in [4.78, 5) is 5.46. The number of piperidine rings is 1. The Bertz CT molecular complexity index is 269. The van der Waals surface area contributed by atoms with E-state index in [2.05, 4.69) is 35.9 Å². The molecule has 20 heavy (non-hydrogen) atoms. The lowest BCUT2D eigenvalue weighted by molar-refractivity contribution is 0.0413. The van der Waals surface area contributed by atoms with E-state index in [0.717, 1.165) is 12.0 Å². The third-order valence-electron chi connectivity index (χ3n) is 5.36. The molecule has 2 saturated heterocycles. The van der Waals surface area contributed by atoms with Gasteiger partial charge in [0.1, 0.15) is 0 Å². The molecule has 2 aliphatic rings. The average Bonchev–Trinajstić information content (AvgIpc) is 2.50. The molecule has 3 heteroatoms. The number of piperazine rings is 1. The van der Waals surface area contributed by atoms with Crippen LogP contribution in [0.3, 0.4) is 0 Å². The average molecular weight is 281 g/mol. The molecule has 2 fully saturated rings. The maximum Gasteiger partial charge on any atom is 0.0223 e. The molecule has 3 unspecified atom stereocenters. The third-order valence-corrected chi connectivity index (χ3v) is 5.36. The van der Waals surface area contributed by atoms with Crippen LogP contribution in [0.1, 0.15) is 52.9 Å². The third kappa shape index (κ3) is 4.44. The lowest BCUT2D eigenvalue weighted by atomic mass is 9.96. The van der Waals surface area contributed by atoms with Gasteiger partial charge in [0.05, 0.1) is 0 Å². The van der Waals surface area contributed by atoms with Crippen LogP contribution >= 0.6 is 0 Å². The summed E-state index contributed by atoms with van der Waals surface area (Å²) in [5.41, 5.74) is 0. The van der Waals surface area contributed by atoms with Crippen molar-refractivity contribution in [1.82, 2.24) is 15.1 Å². The maximum absolute atomic E-state index is 3.78. The zero-order valence-electron chi connectivity index (χ0n) is 13.9. The normalized spacial score (nSPS) is 28.1. The Hall–Kier alpha value is -0.120. The minimum Gasteiger partial charge on any atom is -0.312 e. The Morgan fingerprint density at radius 2 is 2.00 bits per heavy atom. The molecule has 1 N–H and O–H groups in total. The molecule has 2 rings (SSSR count). The first kappa shape index (κ1) is 16.3. The van der Waals surface area contributed by atoms with Crippen molar-refractivity contribution in [2.24, 2.45) is 5.92 Å². The van der Waals surface area contributed by atoms with E-state index < -0.39 is 0 Å². The van der Waals surface area contributed by atoms with Crippen LogP contribution < -0.4 is 5.32 Å². The van der Waals surface area contributed by atoms with E-state index in [0.29, 0.717) is 6.04 Å². The first-order valence-corrected chi connectivity index (χ1v) is 8.94. The van der Waals surface area contributed by atoms with Crippen molar-refractivity contribution in [3.05, 3.63) is 0 Å². The standard InChI is InChI=1S/C17H35N3/c1-4-9-18-17(15(3)5-2)14-19-11-12-20-10-7-6-8-16(20)13-19/h15-18H,4-14H2,1-3H3. The molecule has 2 aliphatic heterocycles. The zero-order chi connectivity index (χ0) is 14.4. The van der Waals surface area contributed by atoms with Gasteiger partial charge in [0, 0.05) is 38.3 Å². The first-order valence-electron chi connectivity index (χ1n) is 8.94. The number of fused-ring (bicyclic) bond motifs is 1. The van der Waals surface area contributed by atoms with E-state index >= 15 is 0 Å². The molecule has 0 saturated carbocycles. The smallest absolute Gasteiger partial charge is 0.0223 e. The Morgan fingerprint density at radius 1 is 1.15 bits per heavy atom. The van der Waals surface area contributed by atoms with Crippen molar-refractivity contribution < 1.29 is 0 Å². The van der Waals surface area contributed by atoms with Crippen LogP contribution in [0.25, 0.3) is 0 Å². The van der Waals surface area contributed by atoms with Crippen molar-refractivity contribution >= 4 is 0 Å². The summed E-state index contributed by atoms with van der Waals surface area (Å²) in [5, 5.41) is 3.78. The number of nitrogens with zero attached hydrogens (tertiary/aromatic N) is 2. The fraction of sp³-hybridized carbons (Fsp3) is 1.00. The second-order valence-corrected chi connectivity index (χ2v) is 6.89. The minimum absolute atomic E-state index is 0.676. The summed E-state index contributed by atoms with van der Waals surface area (Å²) in [7, 11) is 0. The van der Waals surface area contributed by atoms with Gasteiger partial charge in [-0.2, -0.15) is 0 Å². The van der Waals surface area contributed by atoms with Gasteiger partial charge in [-0.15, -0.1) is 0 Å². The molecule has 3 nitrogen and oxygen atoms in total. The van der Waals surface area contributed by atoms with Gasteiger partial charge in [-0.05, 0) is 38.3 Å². The van der Waals surface area contributed by atoms with E-state index in [1.165, 1.54) is 71.4 Å². The Kier molecular flexibility index (Phi) is 6.79. The first-order chi connectivity index (χ1) is 9.74. The van der Waals surface area contributed by atoms with Gasteiger partial charge in [-0.3, -0.25) is 9.80 Å². The van der Waals surface area contributed by atoms with E-state index in [1.54, 1.807) is 0 Å². The highest BCUT2D eigenvalue weighted by molar-refractivity contribution is 4.87. The van der Waals surface area contributed by atoms with Crippen LogP contribution in [-0.4, -0.2) is 61.2 Å². The van der Waals surface area contributed by atoms with Gasteiger partial charge >= 0.3 is 0 Å². The van der Waals surface area contributed by atoms with E-state index in [4.69, 9.17) is 0 Å². The minimum atomic E-state index is 0.676. The van der Waals surface area contributed by atoms with Crippen LogP contribution in [0.15, 0.2) is 0 Å². The van der Waals surface area contributed by atoms with Crippen LogP contribution in [0, 0.1) is 5.92 Å². The highest BCUT2D eigenvalue weighted by atomic mass is 15.3. The van der Waals surface area contributed by atoms with Crippen molar-refractivity contribution in [2.45, 2.75) is 65.0 Å². The van der Waals surface area contributed by atoms with Gasteiger partial charge in [0.2, 0.25) is 0 Å². The van der Waals surface area contributed by atoms with Gasteiger partial charge in [0.25, 0.3) is 0 Å². The van der Waals surface area contributed by atoms with E-state index in [1.807, 2.05) is 0 Å². The quantitative estimate of drug-likeness (QED) is 0.774. The predicted molar refractivity (Wildman–Crippen MR) is 87.2 cm³/mol. The van der Waals surface area contributed by atoms with Gasteiger partial charge in [-0.1, -0.05) is 33.6 Å². The second kappa shape index (κ2) is 8.35. The lowest BCUT2D eigenvalue weighted by Crippen LogP contribution is -2.57. The van der Waals surface area contributed by atoms with Crippen LogP contribution in [-0.2, 0) is 0 Å². The highest BCUT2D eigenvalue weighted by Gasteiger charge is 2.30. The van der Waals surface area contributed by atoms with Crippen molar-refractivity contribution in [3.8, 4) is 0 Å². The molecular weight excluding hydrogens is 246 g/mol. The molecule has 3 atom stereocenters. The molecule has 0 aromatic heterocycles. The number of hydrogen-bond acceptors (Lipinski definition) is 3. The summed E-state index contributed by atoms with van der Waals surface area (Å²) in [5.74, 6) is 0.783. The van der Waals surface area contributed by atoms with E-state index in [-0.39, 0.29) is 0 Å². The largest absolute Gasteiger partial charge is 0.312 e. The lowest BCUT2D eigenvalue weighted by Gasteiger charge is -2.45. The Labute approximate surface area is 126 Å². The fourth-order valence-corrected chi connectivity index (χ4v) is 3.72. The highest BCUT2D eigenvalue weighted by Crippen LogP contribution is 2.21. The molecule has 0 aliphatic carbocycles. The second-order valence-electron chi connectivity index (χ2n) is 6.89. The van der Waals surface area contributed by atoms with Crippen molar-refractivity contribution in [2.75, 3.05) is 39.3 Å². The number of nitrogens with one attached hydrogen (secondary N) is 1. The van der Waals surface area contributed by atoms with E-state index in [9.17, 15) is 0 Å². The molecule has 0 spiro atoms. The molecule has 0 radical (unpaired) electrons.